The summed E-state index contributed by atoms with van der Waals surface area (Å²) in [7, 11) is 0. The molecule has 0 radical (unpaired) electrons. The number of aromatic amines is 1. The Balaban J connectivity index is 1.20. The largest absolute Gasteiger partial charge is 0.481 e. The van der Waals surface area contributed by atoms with Crippen molar-refractivity contribution in [3.63, 3.8) is 0 Å². The van der Waals surface area contributed by atoms with Crippen molar-refractivity contribution < 1.29 is 27.8 Å². The van der Waals surface area contributed by atoms with Crippen molar-refractivity contribution in [1.82, 2.24) is 15.0 Å². The van der Waals surface area contributed by atoms with Gasteiger partial charge in [-0.05, 0) is 56.0 Å². The van der Waals surface area contributed by atoms with Gasteiger partial charge in [0.2, 0.25) is 0 Å². The normalized spacial score (nSPS) is 18.7. The van der Waals surface area contributed by atoms with E-state index in [-0.39, 0.29) is 12.7 Å². The number of aliphatic carboxylic acids is 1. The molecule has 1 saturated carbocycles. The maximum Gasteiger partial charge on any atom is 0.416 e. The fourth-order valence-electron chi connectivity index (χ4n) is 4.59. The molecule has 2 aliphatic rings. The van der Waals surface area contributed by atoms with Crippen LogP contribution in [-0.2, 0) is 15.7 Å². The number of anilines is 1. The number of fused-ring (bicyclic) bond motifs is 1. The van der Waals surface area contributed by atoms with Gasteiger partial charge in [-0.1, -0.05) is 6.42 Å². The summed E-state index contributed by atoms with van der Waals surface area (Å²) in [5.41, 5.74) is 0.0517. The number of carboxylic acids is 1. The van der Waals surface area contributed by atoms with Gasteiger partial charge in [0.1, 0.15) is 11.6 Å². The van der Waals surface area contributed by atoms with Crippen molar-refractivity contribution in [3.05, 3.63) is 42.1 Å². The molecule has 10 heteroatoms. The Morgan fingerprint density at radius 2 is 1.97 bits per heavy atom. The number of hydrogen-bond donors (Lipinski definition) is 2. The molecular weight excluding hydrogens is 449 g/mol. The molecular formula is C24H25F3N4O3. The number of ether oxygens (including phenoxy) is 1. The third-order valence-corrected chi connectivity index (χ3v) is 6.96. The van der Waals surface area contributed by atoms with E-state index in [9.17, 15) is 23.1 Å². The summed E-state index contributed by atoms with van der Waals surface area (Å²) in [6, 6.07) is 7.16. The summed E-state index contributed by atoms with van der Waals surface area (Å²) in [5.74, 6) is 0.508. The first kappa shape index (κ1) is 22.6. The first-order valence-corrected chi connectivity index (χ1v) is 11.4. The lowest BCUT2D eigenvalue weighted by atomic mass is 9.69. The van der Waals surface area contributed by atoms with Crippen LogP contribution in [0.25, 0.3) is 22.4 Å². The van der Waals surface area contributed by atoms with E-state index in [0.29, 0.717) is 35.3 Å². The molecule has 3 heterocycles. The van der Waals surface area contributed by atoms with Crippen molar-refractivity contribution in [2.24, 2.45) is 5.41 Å². The van der Waals surface area contributed by atoms with Crippen LogP contribution in [0.1, 0.15) is 37.7 Å². The second-order valence-electron chi connectivity index (χ2n) is 9.16. The summed E-state index contributed by atoms with van der Waals surface area (Å²) in [6.45, 7) is 1.78. The number of carbonyl (C=O) groups is 1. The Kier molecular flexibility index (Phi) is 5.71. The number of benzene rings is 1. The predicted molar refractivity (Wildman–Crippen MR) is 119 cm³/mol. The molecule has 0 amide bonds. The van der Waals surface area contributed by atoms with Crippen LogP contribution < -0.4 is 4.90 Å². The second-order valence-corrected chi connectivity index (χ2v) is 9.16. The van der Waals surface area contributed by atoms with Crippen molar-refractivity contribution >= 4 is 22.8 Å². The van der Waals surface area contributed by atoms with E-state index in [1.165, 1.54) is 6.07 Å². The number of rotatable bonds is 6. The molecule has 2 aromatic heterocycles. The Labute approximate surface area is 194 Å². The van der Waals surface area contributed by atoms with Gasteiger partial charge in [0.25, 0.3) is 0 Å². The lowest BCUT2D eigenvalue weighted by molar-refractivity contribution is -0.162. The fraction of sp³-hybridized carbons (Fsp3) is 0.458. The molecule has 0 atom stereocenters. The number of piperidine rings is 1. The number of halogens is 3. The Bertz CT molecular complexity index is 1180. The van der Waals surface area contributed by atoms with Crippen LogP contribution in [0.3, 0.4) is 0 Å². The standard InChI is InChI=1S/C24H25F3N4O3/c25-24(26,27)16-3-4-18-19(12-16)30-21(29-18)15-2-5-20(28-13-15)31-10-6-17(7-11-31)34-14-23(22(32)33)8-1-9-23/h2-5,12-13,17H,1,6-11,14H2,(H,29,30)(H,32,33). The molecule has 1 aliphatic carbocycles. The minimum absolute atomic E-state index is 0.0458. The van der Waals surface area contributed by atoms with Gasteiger partial charge < -0.3 is 19.7 Å². The first-order chi connectivity index (χ1) is 16.2. The van der Waals surface area contributed by atoms with Gasteiger partial charge in [-0.3, -0.25) is 4.79 Å². The number of hydrogen-bond acceptors (Lipinski definition) is 5. The first-order valence-electron chi connectivity index (χ1n) is 11.4. The van der Waals surface area contributed by atoms with Gasteiger partial charge in [0.05, 0.1) is 34.7 Å². The number of imidazole rings is 1. The number of alkyl halides is 3. The molecule has 1 saturated heterocycles. The Hall–Kier alpha value is -3.14. The molecule has 5 rings (SSSR count). The van der Waals surface area contributed by atoms with Crippen LogP contribution in [0.4, 0.5) is 19.0 Å². The summed E-state index contributed by atoms with van der Waals surface area (Å²) < 4.78 is 44.8. The van der Waals surface area contributed by atoms with Gasteiger partial charge in [-0.2, -0.15) is 13.2 Å². The lowest BCUT2D eigenvalue weighted by Crippen LogP contribution is -2.44. The molecule has 2 fully saturated rings. The fourth-order valence-corrected chi connectivity index (χ4v) is 4.59. The predicted octanol–water partition coefficient (Wildman–Crippen LogP) is 4.88. The molecule has 1 aliphatic heterocycles. The molecule has 0 spiro atoms. The molecule has 2 N–H and O–H groups in total. The lowest BCUT2D eigenvalue weighted by Gasteiger charge is -2.39. The monoisotopic (exact) mass is 474 g/mol. The summed E-state index contributed by atoms with van der Waals surface area (Å²) in [6.07, 6.45) is 1.21. The van der Waals surface area contributed by atoms with Crippen LogP contribution in [0.2, 0.25) is 0 Å². The summed E-state index contributed by atoms with van der Waals surface area (Å²) in [5, 5.41) is 9.45. The number of nitrogens with one attached hydrogen (secondary N) is 1. The number of aromatic nitrogens is 3. The van der Waals surface area contributed by atoms with E-state index in [1.807, 2.05) is 12.1 Å². The van der Waals surface area contributed by atoms with Crippen LogP contribution in [0.15, 0.2) is 36.5 Å². The third kappa shape index (κ3) is 4.34. The van der Waals surface area contributed by atoms with E-state index in [0.717, 1.165) is 50.3 Å². The summed E-state index contributed by atoms with van der Waals surface area (Å²) in [4.78, 5) is 25.5. The smallest absolute Gasteiger partial charge is 0.416 e. The zero-order valence-corrected chi connectivity index (χ0v) is 18.4. The number of nitrogens with zero attached hydrogens (tertiary/aromatic N) is 3. The van der Waals surface area contributed by atoms with Gasteiger partial charge in [-0.25, -0.2) is 9.97 Å². The van der Waals surface area contributed by atoms with E-state index in [4.69, 9.17) is 4.74 Å². The van der Waals surface area contributed by atoms with Crippen LogP contribution >= 0.6 is 0 Å². The van der Waals surface area contributed by atoms with E-state index in [2.05, 4.69) is 19.9 Å². The number of carboxylic acid groups (broad SMARTS) is 1. The molecule has 7 nitrogen and oxygen atoms in total. The van der Waals surface area contributed by atoms with Gasteiger partial charge in [0.15, 0.2) is 0 Å². The highest BCUT2D eigenvalue weighted by Crippen LogP contribution is 2.42. The molecule has 3 aromatic rings. The zero-order valence-electron chi connectivity index (χ0n) is 18.4. The van der Waals surface area contributed by atoms with E-state index >= 15 is 0 Å². The Morgan fingerprint density at radius 1 is 1.21 bits per heavy atom. The molecule has 34 heavy (non-hydrogen) atoms. The maximum absolute atomic E-state index is 13.0. The van der Waals surface area contributed by atoms with Crippen LogP contribution in [-0.4, -0.2) is 51.8 Å². The van der Waals surface area contributed by atoms with Gasteiger partial charge in [-0.15, -0.1) is 0 Å². The highest BCUT2D eigenvalue weighted by atomic mass is 19.4. The van der Waals surface area contributed by atoms with E-state index in [1.54, 1.807) is 6.20 Å². The average molecular weight is 474 g/mol. The van der Waals surface area contributed by atoms with Crippen molar-refractivity contribution in [3.8, 4) is 11.4 Å². The summed E-state index contributed by atoms with van der Waals surface area (Å²) >= 11 is 0. The minimum Gasteiger partial charge on any atom is -0.481 e. The molecule has 0 bridgehead atoms. The SMILES string of the molecule is O=C(O)C1(COC2CCN(c3ccc(-c4nc5ccc(C(F)(F)F)cc5[nH]4)cn3)CC2)CCC1. The van der Waals surface area contributed by atoms with E-state index < -0.39 is 23.1 Å². The highest BCUT2D eigenvalue weighted by Gasteiger charge is 2.45. The highest BCUT2D eigenvalue weighted by molar-refractivity contribution is 5.80. The quantitative estimate of drug-likeness (QED) is 0.529. The van der Waals surface area contributed by atoms with Crippen LogP contribution in [0, 0.1) is 5.41 Å². The van der Waals surface area contributed by atoms with Crippen LogP contribution in [0.5, 0.6) is 0 Å². The molecule has 0 unspecified atom stereocenters. The zero-order chi connectivity index (χ0) is 23.9. The second kappa shape index (κ2) is 8.57. The Morgan fingerprint density at radius 3 is 2.56 bits per heavy atom. The van der Waals surface area contributed by atoms with Crippen molar-refractivity contribution in [1.29, 1.82) is 0 Å². The van der Waals surface area contributed by atoms with Crippen molar-refractivity contribution in [2.75, 3.05) is 24.6 Å². The third-order valence-electron chi connectivity index (χ3n) is 6.96. The number of pyridine rings is 1. The molecule has 180 valence electrons. The van der Waals surface area contributed by atoms with Crippen molar-refractivity contribution in [2.45, 2.75) is 44.4 Å². The topological polar surface area (TPSA) is 91.3 Å². The van der Waals surface area contributed by atoms with Gasteiger partial charge in [0, 0.05) is 24.8 Å². The molecule has 1 aromatic carbocycles. The average Bonchev–Trinajstić information content (AvgIpc) is 3.22. The maximum atomic E-state index is 13.0. The minimum atomic E-state index is -4.41. The number of H-pyrrole nitrogens is 1. The van der Waals surface area contributed by atoms with Gasteiger partial charge >= 0.3 is 12.1 Å².